The lowest BCUT2D eigenvalue weighted by Crippen LogP contribution is -2.62. The number of allylic oxidation sites excluding steroid dienone is 8. The summed E-state index contributed by atoms with van der Waals surface area (Å²) in [6.45, 7) is 21.2. The van der Waals surface area contributed by atoms with E-state index in [1.54, 1.807) is 30.6 Å². The Morgan fingerprint density at radius 2 is 1.04 bits per heavy atom. The molecule has 2 aliphatic carbocycles. The molecule has 2 unspecified atom stereocenters. The van der Waals surface area contributed by atoms with Crippen molar-refractivity contribution in [2.45, 2.75) is 136 Å². The molecule has 0 radical (unpaired) electrons. The van der Waals surface area contributed by atoms with Crippen molar-refractivity contribution < 1.29 is 70.0 Å². The summed E-state index contributed by atoms with van der Waals surface area (Å²) in [5.74, 6) is -0.269. The fourth-order valence-corrected chi connectivity index (χ4v) is 14.4. The highest BCUT2D eigenvalue weighted by molar-refractivity contribution is 6.74. The Labute approximate surface area is 579 Å². The number of nitrogen functional groups attached to an aromatic ring is 1. The van der Waals surface area contributed by atoms with E-state index in [0.717, 1.165) is 50.5 Å². The van der Waals surface area contributed by atoms with Crippen molar-refractivity contribution in [1.29, 1.82) is 0 Å². The number of carbonyl (C=O) groups excluding carboxylic acids is 2. The molecule has 0 saturated carbocycles. The summed E-state index contributed by atoms with van der Waals surface area (Å²) in [6.07, 6.45) is 11.9. The Hall–Kier alpha value is -4.99. The lowest BCUT2D eigenvalue weighted by Gasteiger charge is -2.44. The van der Waals surface area contributed by atoms with E-state index in [1.807, 2.05) is 68.7 Å². The molecule has 2 amide bonds. The van der Waals surface area contributed by atoms with Crippen LogP contribution >= 0.6 is 69.6 Å². The molecule has 2 N–H and O–H groups in total. The van der Waals surface area contributed by atoms with Crippen LogP contribution in [-0.4, -0.2) is 153 Å². The van der Waals surface area contributed by atoms with Crippen LogP contribution in [0.25, 0.3) is 11.1 Å². The number of ether oxygens (including phenoxy) is 7. The summed E-state index contributed by atoms with van der Waals surface area (Å²) in [7, 11) is 1.15. The maximum Gasteiger partial charge on any atom is 0.528 e. The number of unbranched alkanes of at least 4 members (excludes halogenated alkanes) is 2. The number of hydrogen-bond acceptors (Lipinski definition) is 15. The van der Waals surface area contributed by atoms with Crippen LogP contribution in [0.3, 0.4) is 0 Å². The van der Waals surface area contributed by atoms with Crippen LogP contribution in [0.2, 0.25) is 36.3 Å². The van der Waals surface area contributed by atoms with E-state index >= 15 is 9.59 Å². The molecule has 93 heavy (non-hydrogen) atoms. The molecule has 4 aliphatic heterocycles. The third kappa shape index (κ3) is 16.4. The number of alkyl halides is 6. The monoisotopic (exact) mass is 1440 g/mol. The molecule has 8 rings (SSSR count). The van der Waals surface area contributed by atoms with Crippen molar-refractivity contribution in [2.24, 2.45) is 11.8 Å². The number of hydroxylamine groups is 2. The summed E-state index contributed by atoms with van der Waals surface area (Å²) in [5, 5.41) is 28.7. The maximum absolute atomic E-state index is 15.4. The largest absolute Gasteiger partial charge is 0.618 e. The second kappa shape index (κ2) is 29.0. The first-order valence-corrected chi connectivity index (χ1v) is 39.0. The molecule has 2 aromatic carbocycles. The number of quaternary nitrogens is 2. The second-order valence-electron chi connectivity index (χ2n) is 27.3. The van der Waals surface area contributed by atoms with Gasteiger partial charge in [-0.25, -0.2) is 0 Å². The number of amides is 2. The Balaban J connectivity index is 1.09. The zero-order valence-corrected chi connectivity index (χ0v) is 62.0. The quantitative estimate of drug-likeness (QED) is 0.0209. The minimum absolute atomic E-state index is 0.0931. The van der Waals surface area contributed by atoms with E-state index < -0.39 is 82.9 Å². The van der Waals surface area contributed by atoms with Crippen molar-refractivity contribution in [1.82, 2.24) is 4.90 Å². The van der Waals surface area contributed by atoms with Crippen LogP contribution in [0.15, 0.2) is 131 Å². The minimum atomic E-state index is -2.88. The first kappa shape index (κ1) is 73.8. The number of halogens is 6. The zero-order valence-electron chi connectivity index (χ0n) is 55.4. The Kier molecular flexibility index (Phi) is 23.0. The van der Waals surface area contributed by atoms with Crippen molar-refractivity contribution in [3.05, 3.63) is 153 Å². The number of hydrogen-bond donors (Lipinski definition) is 1. The van der Waals surface area contributed by atoms with Gasteiger partial charge in [0.2, 0.25) is 66.9 Å². The predicted molar refractivity (Wildman–Crippen MR) is 372 cm³/mol. The third-order valence-electron chi connectivity index (χ3n) is 18.4. The van der Waals surface area contributed by atoms with Crippen LogP contribution in [0.4, 0.5) is 15.3 Å². The van der Waals surface area contributed by atoms with Gasteiger partial charge in [0.1, 0.15) is 30.8 Å². The smallest absolute Gasteiger partial charge is 0.528 e. The first-order chi connectivity index (χ1) is 43.4. The van der Waals surface area contributed by atoms with Crippen LogP contribution in [0.5, 0.6) is 5.75 Å². The molecule has 6 aliphatic rings. The summed E-state index contributed by atoms with van der Waals surface area (Å²) in [6, 6.07) is 15.3. The fourth-order valence-electron chi connectivity index (χ4n) is 11.5. The summed E-state index contributed by atoms with van der Waals surface area (Å²) in [5.41, 5.74) is 11.2. The van der Waals surface area contributed by atoms with Crippen molar-refractivity contribution >= 4 is 128 Å². The summed E-state index contributed by atoms with van der Waals surface area (Å²) >= 11 is 37.6. The summed E-state index contributed by atoms with van der Waals surface area (Å²) < 4.78 is 54.1. The molecular weight excluding hydrogens is 1350 g/mol. The molecule has 508 valence electrons. The Morgan fingerprint density at radius 3 is 1.44 bits per heavy atom. The number of anilines is 1. The van der Waals surface area contributed by atoms with Crippen LogP contribution < -0.4 is 10.5 Å². The van der Waals surface area contributed by atoms with Gasteiger partial charge >= 0.3 is 12.2 Å². The normalized spacial score (nSPS) is 23.5. The first-order valence-electron chi connectivity index (χ1n) is 31.0. The molecule has 6 atom stereocenters. The molecule has 0 saturated heterocycles. The Morgan fingerprint density at radius 1 is 0.613 bits per heavy atom. The highest BCUT2D eigenvalue weighted by Crippen LogP contribution is 2.53. The predicted octanol–water partition coefficient (Wildman–Crippen LogP) is 16.0. The van der Waals surface area contributed by atoms with E-state index in [4.69, 9.17) is 117 Å². The summed E-state index contributed by atoms with van der Waals surface area (Å²) in [4.78, 5) is 32.8. The van der Waals surface area contributed by atoms with Crippen molar-refractivity contribution in [3.8, 4) is 5.75 Å². The molecule has 19 nitrogen and oxygen atoms in total. The molecule has 0 spiro atoms. The topological polar surface area (TPSA) is 199 Å². The van der Waals surface area contributed by atoms with E-state index in [0.29, 0.717) is 43.0 Å². The number of methoxy groups -OCH3 is 2. The number of nitrogens with zero attached hydrogens (tertiary/aromatic N) is 5. The second-order valence-corrected chi connectivity index (χ2v) is 41.8. The van der Waals surface area contributed by atoms with Crippen LogP contribution in [-0.2, 0) is 37.3 Å². The van der Waals surface area contributed by atoms with Gasteiger partial charge in [0, 0.05) is 24.4 Å². The Bertz CT molecular complexity index is 3480. The number of rotatable bonds is 23. The average molecular weight is 1440 g/mol. The van der Waals surface area contributed by atoms with Gasteiger partial charge in [-0.1, -0.05) is 148 Å². The van der Waals surface area contributed by atoms with Crippen molar-refractivity contribution in [3.63, 3.8) is 0 Å². The van der Waals surface area contributed by atoms with Gasteiger partial charge in [-0.3, -0.25) is 0 Å². The average Bonchev–Trinajstić information content (AvgIpc) is 1.58. The highest BCUT2D eigenvalue weighted by Gasteiger charge is 2.67. The number of benzene rings is 2. The standard InChI is InChI=1S/C66H88Cl6N6O13Si2/c1-63(2,3)92(11,12)90-59-49-35-45(43-22-26-48(27-23-43)85-33-19-30-74(7)8)24-28-51(49)75(81)37-53-57(83-9)55(39-77(53,59)61(79)88-41-65(67,68)69)86-31-16-15-17-32-87-56-40-78(62(80)89-42-66(70,71)72)54(58(56)84-10)38-76(82)52-29-25-46(44-20-18-21-47(73)34-44)36-50(52)60(78)91-93(13,14)64(4,5)6/h18,20-29,34,37-40,49-50,59-60H,15-17,19,30-33,35-36,41-42,73H2,1-14H3/q+2/t49-,50-,59-,60-,77?,78?/m0/s1. The van der Waals surface area contributed by atoms with Gasteiger partial charge in [0.25, 0.3) is 11.4 Å². The fraction of sp³-hybridized carbons (Fsp3) is 0.515. The molecular formula is C66H88Cl6N6O13Si2+2. The van der Waals surface area contributed by atoms with Gasteiger partial charge < -0.3 is 63.1 Å². The number of nitrogens with two attached hydrogens (primary N) is 1. The van der Waals surface area contributed by atoms with Crippen LogP contribution in [0.1, 0.15) is 91.2 Å². The van der Waals surface area contributed by atoms with Crippen molar-refractivity contribution in [2.75, 3.05) is 73.6 Å². The van der Waals surface area contributed by atoms with E-state index in [9.17, 15) is 10.4 Å². The number of fused-ring (bicyclic) bond motifs is 4. The van der Waals surface area contributed by atoms with Gasteiger partial charge in [0.05, 0.1) is 34.0 Å². The van der Waals surface area contributed by atoms with Gasteiger partial charge in [-0.2, -0.15) is 19.1 Å². The molecule has 27 heteroatoms. The molecule has 4 heterocycles. The molecule has 0 bridgehead atoms. The lowest BCUT2D eigenvalue weighted by molar-refractivity contribution is -0.816. The van der Waals surface area contributed by atoms with E-state index in [2.05, 4.69) is 72.6 Å². The van der Waals surface area contributed by atoms with E-state index in [1.165, 1.54) is 26.6 Å². The lowest BCUT2D eigenvalue weighted by atomic mass is 9.85. The third-order valence-corrected chi connectivity index (χ3v) is 27.9. The molecule has 0 aromatic heterocycles. The molecule has 2 aromatic rings. The maximum atomic E-state index is 15.4. The minimum Gasteiger partial charge on any atom is -0.618 e. The van der Waals surface area contributed by atoms with E-state index in [-0.39, 0.29) is 70.6 Å². The zero-order chi connectivity index (χ0) is 68.4. The number of carbonyl (C=O) groups is 2. The molecule has 0 fully saturated rings. The highest BCUT2D eigenvalue weighted by atomic mass is 35.6. The van der Waals surface area contributed by atoms with Gasteiger partial charge in [-0.05, 0) is 135 Å². The van der Waals surface area contributed by atoms with Gasteiger partial charge in [0.15, 0.2) is 29.0 Å². The SMILES string of the molecule is COC1=C2C=[N+]([O-])C3=CC=C(c4ccc(OCCCN(C)C)cc4)C[C@@H]3[C@H](O[Si](C)(C)C(C)(C)C)[N+]2(C(=O)OCC(Cl)(Cl)Cl)C=C1OCCCCCOC1=C[N+]2(C(=O)OCC(Cl)(Cl)Cl)C(=C1OC)C=[N+]([O-])C1=CC=C(c3cccc(N)c3)C[C@@H]1[C@@H]2O[Si](C)(C)C(C)(C)C. The van der Waals surface area contributed by atoms with Crippen LogP contribution in [0, 0.1) is 22.3 Å². The van der Waals surface area contributed by atoms with Gasteiger partial charge in [-0.15, -0.1) is 8.97 Å².